The number of ether oxygens (including phenoxy) is 2. The van der Waals surface area contributed by atoms with Crippen LogP contribution in [-0.2, 0) is 32.7 Å². The van der Waals surface area contributed by atoms with Crippen LogP contribution in [0.5, 0.6) is 0 Å². The van der Waals surface area contributed by atoms with E-state index in [1.54, 1.807) is 12.2 Å². The van der Waals surface area contributed by atoms with E-state index in [9.17, 15) is 29.3 Å². The van der Waals surface area contributed by atoms with Crippen molar-refractivity contribution >= 4 is 19.8 Å². The summed E-state index contributed by atoms with van der Waals surface area (Å²) in [6, 6.07) is 0. The first-order valence-electron chi connectivity index (χ1n) is 20.7. The van der Waals surface area contributed by atoms with Gasteiger partial charge in [-0.25, -0.2) is 4.57 Å². The Morgan fingerprint density at radius 2 is 1.18 bits per heavy atom. The lowest BCUT2D eigenvalue weighted by Crippen LogP contribution is -2.30. The molecule has 0 amide bonds. The second-order valence-corrected chi connectivity index (χ2v) is 15.0. The third-order valence-electron chi connectivity index (χ3n) is 8.17. The van der Waals surface area contributed by atoms with E-state index in [2.05, 4.69) is 79.1 Å². The zero-order valence-electron chi connectivity index (χ0n) is 34.2. The molecule has 11 nitrogen and oxygen atoms in total. The Morgan fingerprint density at radius 3 is 1.82 bits per heavy atom. The van der Waals surface area contributed by atoms with Crippen molar-refractivity contribution in [1.82, 2.24) is 0 Å². The van der Waals surface area contributed by atoms with E-state index in [4.69, 9.17) is 19.1 Å². The lowest BCUT2D eigenvalue weighted by molar-refractivity contribution is -0.161. The summed E-state index contributed by atoms with van der Waals surface area (Å²) >= 11 is 0. The van der Waals surface area contributed by atoms with Crippen LogP contribution in [0, 0.1) is 0 Å². The molecule has 0 aliphatic rings. The van der Waals surface area contributed by atoms with Crippen molar-refractivity contribution in [3.8, 4) is 0 Å². The van der Waals surface area contributed by atoms with Gasteiger partial charge in [-0.1, -0.05) is 137 Å². The van der Waals surface area contributed by atoms with Gasteiger partial charge in [-0.15, -0.1) is 0 Å². The summed E-state index contributed by atoms with van der Waals surface area (Å²) in [4.78, 5) is 34.9. The van der Waals surface area contributed by atoms with E-state index in [0.717, 1.165) is 64.2 Å². The van der Waals surface area contributed by atoms with E-state index < -0.39 is 64.5 Å². The molecule has 2 unspecified atom stereocenters. The summed E-state index contributed by atoms with van der Waals surface area (Å²) in [7, 11) is -4.68. The lowest BCUT2D eigenvalue weighted by Gasteiger charge is -2.20. The van der Waals surface area contributed by atoms with Crippen LogP contribution in [0.3, 0.4) is 0 Å². The number of unbranched alkanes of at least 4 members (excludes halogenated alkanes) is 9. The van der Waals surface area contributed by atoms with E-state index in [-0.39, 0.29) is 12.8 Å². The summed E-state index contributed by atoms with van der Waals surface area (Å²) in [5.74, 6) is -1.16. The van der Waals surface area contributed by atoms with Crippen molar-refractivity contribution in [2.75, 3.05) is 26.4 Å². The molecule has 0 rings (SSSR count). The molecule has 12 heteroatoms. The van der Waals surface area contributed by atoms with Crippen LogP contribution in [-0.4, -0.2) is 76.9 Å². The van der Waals surface area contributed by atoms with Gasteiger partial charge in [0.25, 0.3) is 0 Å². The molecule has 0 radical (unpaired) electrons. The number of aliphatic hydroxyl groups excluding tert-OH is 3. The average molecular weight is 809 g/mol. The van der Waals surface area contributed by atoms with Gasteiger partial charge < -0.3 is 29.7 Å². The van der Waals surface area contributed by atoms with Crippen LogP contribution in [0.15, 0.2) is 85.1 Å². The molecule has 0 bridgehead atoms. The highest BCUT2D eigenvalue weighted by Crippen LogP contribution is 2.43. The SMILES string of the molecule is CC/C=C\C/C=C\C/C=C\C/C=C\C=C\C(O)CCCC(=O)O[C@H](COC(=O)CCCCCCC/C=C\C=C/CCCCCC)COP(=O)(O)OC[C@@H](O)CO. The monoisotopic (exact) mass is 808 g/mol. The molecule has 0 aromatic rings. The molecule has 0 spiro atoms. The zero-order chi connectivity index (χ0) is 41.4. The van der Waals surface area contributed by atoms with Gasteiger partial charge in [0.2, 0.25) is 0 Å². The highest BCUT2D eigenvalue weighted by atomic mass is 31.2. The number of hydrogen-bond acceptors (Lipinski definition) is 10. The maximum absolute atomic E-state index is 12.6. The molecule has 4 N–H and O–H groups in total. The second-order valence-electron chi connectivity index (χ2n) is 13.5. The number of aliphatic hydroxyl groups is 3. The van der Waals surface area contributed by atoms with Crippen molar-refractivity contribution in [1.29, 1.82) is 0 Å². The van der Waals surface area contributed by atoms with Gasteiger partial charge in [0.15, 0.2) is 6.10 Å². The Morgan fingerprint density at radius 1 is 0.625 bits per heavy atom. The summed E-state index contributed by atoms with van der Waals surface area (Å²) in [6.07, 6.45) is 41.5. The van der Waals surface area contributed by atoms with E-state index in [1.807, 2.05) is 12.2 Å². The molecule has 4 atom stereocenters. The number of carbonyl (C=O) groups is 2. The fourth-order valence-corrected chi connectivity index (χ4v) is 5.74. The second kappa shape index (κ2) is 39.0. The maximum Gasteiger partial charge on any atom is 0.472 e. The number of esters is 2. The van der Waals surface area contributed by atoms with Gasteiger partial charge >= 0.3 is 19.8 Å². The maximum atomic E-state index is 12.6. The first kappa shape index (κ1) is 53.1. The fourth-order valence-electron chi connectivity index (χ4n) is 4.95. The summed E-state index contributed by atoms with van der Waals surface area (Å²) < 4.78 is 32.5. The molecule has 0 saturated heterocycles. The molecule has 320 valence electrons. The van der Waals surface area contributed by atoms with Crippen molar-refractivity contribution in [3.05, 3.63) is 85.1 Å². The van der Waals surface area contributed by atoms with E-state index >= 15 is 0 Å². The molecule has 56 heavy (non-hydrogen) atoms. The standard InChI is InChI=1S/C44H73O11P/c1-3-5-7-9-11-13-15-17-18-20-22-24-26-28-30-34-43(48)52-38-42(39-54-56(50,51)53-37-41(47)36-45)55-44(49)35-31-33-40(46)32-29-27-25-23-21-19-16-14-12-10-8-6-4-2/h6,8,12-15,17-19,21,25,27,29,32,40-42,45-47H,3-5,7,9-11,16,20,22-24,26,28,30-31,33-39H2,1-2H3,(H,50,51)/b8-6-,14-12-,15-13-,18-17-,21-19-,27-25-,32-29+/t40?,41-,42+/m0/s1. The third-order valence-corrected chi connectivity index (χ3v) is 9.12. The predicted molar refractivity (Wildman–Crippen MR) is 225 cm³/mol. The Labute approximate surface area is 337 Å². The zero-order valence-corrected chi connectivity index (χ0v) is 35.1. The molecule has 0 aromatic heterocycles. The van der Waals surface area contributed by atoms with Crippen LogP contribution in [0.4, 0.5) is 0 Å². The quantitative estimate of drug-likeness (QED) is 0.0155. The van der Waals surface area contributed by atoms with Gasteiger partial charge in [0.05, 0.1) is 25.9 Å². The summed E-state index contributed by atoms with van der Waals surface area (Å²) in [6.45, 7) is 1.97. The topological polar surface area (TPSA) is 169 Å². The largest absolute Gasteiger partial charge is 0.472 e. The number of phosphoric acid groups is 1. The van der Waals surface area contributed by atoms with E-state index in [0.29, 0.717) is 19.3 Å². The van der Waals surface area contributed by atoms with Gasteiger partial charge in [0, 0.05) is 12.8 Å². The Balaban J connectivity index is 4.58. The highest BCUT2D eigenvalue weighted by Gasteiger charge is 2.27. The lowest BCUT2D eigenvalue weighted by atomic mass is 10.1. The minimum absolute atomic E-state index is 0.0547. The Kier molecular flexibility index (Phi) is 36.9. The molecule has 0 aliphatic carbocycles. The van der Waals surface area contributed by atoms with Crippen molar-refractivity contribution in [2.45, 2.75) is 154 Å². The third kappa shape index (κ3) is 38.0. The molecule has 0 fully saturated rings. The summed E-state index contributed by atoms with van der Waals surface area (Å²) in [5, 5.41) is 28.6. The van der Waals surface area contributed by atoms with Crippen LogP contribution in [0.1, 0.15) is 136 Å². The molecule has 0 aliphatic heterocycles. The molecular formula is C44H73O11P. The number of phosphoric ester groups is 1. The fraction of sp³-hybridized carbons (Fsp3) is 0.636. The number of allylic oxidation sites excluding steroid dienone is 13. The molecule has 0 aromatic carbocycles. The Hall–Kier alpha value is -2.89. The average Bonchev–Trinajstić information content (AvgIpc) is 3.18. The van der Waals surface area contributed by atoms with Crippen LogP contribution in [0.25, 0.3) is 0 Å². The van der Waals surface area contributed by atoms with E-state index in [1.165, 1.54) is 25.7 Å². The van der Waals surface area contributed by atoms with Gasteiger partial charge in [-0.3, -0.25) is 18.6 Å². The van der Waals surface area contributed by atoms with Crippen LogP contribution in [0.2, 0.25) is 0 Å². The molecule has 0 heterocycles. The van der Waals surface area contributed by atoms with Gasteiger partial charge in [-0.05, 0) is 70.6 Å². The Bertz CT molecular complexity index is 1220. The van der Waals surface area contributed by atoms with Crippen LogP contribution < -0.4 is 0 Å². The normalized spacial score (nSPS) is 15.3. The minimum atomic E-state index is -4.68. The van der Waals surface area contributed by atoms with Gasteiger partial charge in [0.1, 0.15) is 12.7 Å². The minimum Gasteiger partial charge on any atom is -0.462 e. The molecule has 0 saturated carbocycles. The first-order valence-corrected chi connectivity index (χ1v) is 22.2. The smallest absolute Gasteiger partial charge is 0.462 e. The highest BCUT2D eigenvalue weighted by molar-refractivity contribution is 7.47. The number of hydrogen-bond donors (Lipinski definition) is 4. The van der Waals surface area contributed by atoms with Crippen LogP contribution >= 0.6 is 7.82 Å². The van der Waals surface area contributed by atoms with Gasteiger partial charge in [-0.2, -0.15) is 0 Å². The number of rotatable bonds is 37. The first-order chi connectivity index (χ1) is 27.1. The predicted octanol–water partition coefficient (Wildman–Crippen LogP) is 9.63. The van der Waals surface area contributed by atoms with Crippen molar-refractivity contribution < 1.29 is 52.9 Å². The van der Waals surface area contributed by atoms with Crippen molar-refractivity contribution in [2.24, 2.45) is 0 Å². The van der Waals surface area contributed by atoms with Crippen molar-refractivity contribution in [3.63, 3.8) is 0 Å². The molecular weight excluding hydrogens is 735 g/mol. The number of carbonyl (C=O) groups excluding carboxylic acids is 2. The summed E-state index contributed by atoms with van der Waals surface area (Å²) in [5.41, 5.74) is 0.